The molecule has 110 valence electrons. The van der Waals surface area contributed by atoms with Crippen molar-refractivity contribution in [3.63, 3.8) is 0 Å². The fourth-order valence-corrected chi connectivity index (χ4v) is 3.38. The van der Waals surface area contributed by atoms with Gasteiger partial charge in [0.1, 0.15) is 5.82 Å². The van der Waals surface area contributed by atoms with Gasteiger partial charge in [-0.25, -0.2) is 4.39 Å². The molecule has 0 amide bonds. The van der Waals surface area contributed by atoms with Gasteiger partial charge >= 0.3 is 0 Å². The quantitative estimate of drug-likeness (QED) is 0.379. The average molecular weight is 313 g/mol. The van der Waals surface area contributed by atoms with Crippen LogP contribution in [0.5, 0.6) is 0 Å². The zero-order chi connectivity index (χ0) is 15.5. The molecule has 0 atom stereocenters. The Balaban J connectivity index is 1.92. The van der Waals surface area contributed by atoms with Crippen molar-refractivity contribution in [2.75, 3.05) is 0 Å². The third kappa shape index (κ3) is 2.94. The molecule has 3 rings (SSSR count). The van der Waals surface area contributed by atoms with Crippen molar-refractivity contribution in [2.24, 2.45) is 0 Å². The first-order chi connectivity index (χ1) is 10.6. The van der Waals surface area contributed by atoms with Crippen molar-refractivity contribution in [3.05, 3.63) is 82.2 Å². The van der Waals surface area contributed by atoms with E-state index in [-0.39, 0.29) is 5.69 Å². The van der Waals surface area contributed by atoms with E-state index in [9.17, 15) is 14.5 Å². The van der Waals surface area contributed by atoms with Gasteiger partial charge in [-0.3, -0.25) is 10.1 Å². The second-order valence-corrected chi connectivity index (χ2v) is 5.81. The van der Waals surface area contributed by atoms with E-state index < -0.39 is 10.7 Å². The molecule has 0 aliphatic rings. The molecule has 0 fully saturated rings. The van der Waals surface area contributed by atoms with Crippen LogP contribution in [0.25, 0.3) is 10.8 Å². The van der Waals surface area contributed by atoms with Crippen LogP contribution in [0.15, 0.2) is 65.6 Å². The molecule has 0 bridgehead atoms. The number of hydrogen-bond acceptors (Lipinski definition) is 3. The maximum atomic E-state index is 13.4. The SMILES string of the molecule is O=[N+]([O-])c1ccc(F)cc1CSc1cccc2ccccc12. The van der Waals surface area contributed by atoms with Crippen molar-refractivity contribution in [1.82, 2.24) is 0 Å². The Kier molecular flexibility index (Phi) is 4.06. The number of fused-ring (bicyclic) bond motifs is 1. The molecule has 0 spiro atoms. The highest BCUT2D eigenvalue weighted by Gasteiger charge is 2.15. The van der Waals surface area contributed by atoms with Gasteiger partial charge in [-0.2, -0.15) is 0 Å². The molecule has 5 heteroatoms. The number of nitro benzene ring substituents is 1. The van der Waals surface area contributed by atoms with Crippen molar-refractivity contribution in [1.29, 1.82) is 0 Å². The van der Waals surface area contributed by atoms with Gasteiger partial charge in [0.2, 0.25) is 0 Å². The molecule has 3 nitrogen and oxygen atoms in total. The molecular formula is C17H12FNO2S. The van der Waals surface area contributed by atoms with Gasteiger partial charge in [-0.05, 0) is 29.0 Å². The van der Waals surface area contributed by atoms with Crippen LogP contribution >= 0.6 is 11.8 Å². The second-order valence-electron chi connectivity index (χ2n) is 4.80. The molecule has 0 radical (unpaired) electrons. The molecular weight excluding hydrogens is 301 g/mol. The maximum absolute atomic E-state index is 13.4. The summed E-state index contributed by atoms with van der Waals surface area (Å²) in [7, 11) is 0. The highest BCUT2D eigenvalue weighted by Crippen LogP contribution is 2.32. The topological polar surface area (TPSA) is 43.1 Å². The van der Waals surface area contributed by atoms with Crippen LogP contribution in [0.4, 0.5) is 10.1 Å². The lowest BCUT2D eigenvalue weighted by Crippen LogP contribution is -1.95. The van der Waals surface area contributed by atoms with Crippen LogP contribution in [0.1, 0.15) is 5.56 Å². The zero-order valence-electron chi connectivity index (χ0n) is 11.5. The number of nitro groups is 1. The summed E-state index contributed by atoms with van der Waals surface area (Å²) < 4.78 is 13.4. The maximum Gasteiger partial charge on any atom is 0.273 e. The summed E-state index contributed by atoms with van der Waals surface area (Å²) in [4.78, 5) is 11.6. The number of benzene rings is 3. The van der Waals surface area contributed by atoms with E-state index in [2.05, 4.69) is 0 Å². The van der Waals surface area contributed by atoms with Crippen molar-refractivity contribution >= 4 is 28.2 Å². The van der Waals surface area contributed by atoms with Crippen LogP contribution in [0, 0.1) is 15.9 Å². The summed E-state index contributed by atoms with van der Waals surface area (Å²) in [5, 5.41) is 13.2. The molecule has 0 N–H and O–H groups in total. The van der Waals surface area contributed by atoms with Gasteiger partial charge in [0.15, 0.2) is 0 Å². The Morgan fingerprint density at radius 3 is 2.64 bits per heavy atom. The summed E-state index contributed by atoms with van der Waals surface area (Å²) in [5.74, 6) is -0.110. The predicted molar refractivity (Wildman–Crippen MR) is 86.6 cm³/mol. The number of thioether (sulfide) groups is 1. The van der Waals surface area contributed by atoms with E-state index in [0.29, 0.717) is 11.3 Å². The molecule has 0 aromatic heterocycles. The lowest BCUT2D eigenvalue weighted by atomic mass is 10.1. The van der Waals surface area contributed by atoms with E-state index in [4.69, 9.17) is 0 Å². The van der Waals surface area contributed by atoms with Crippen LogP contribution in [-0.2, 0) is 5.75 Å². The first kappa shape index (κ1) is 14.5. The standard InChI is InChI=1S/C17H12FNO2S/c18-14-8-9-16(19(20)21)13(10-14)11-22-17-7-3-5-12-4-1-2-6-15(12)17/h1-10H,11H2. The summed E-state index contributed by atoms with van der Waals surface area (Å²) in [5.41, 5.74) is 0.345. The number of hydrogen-bond donors (Lipinski definition) is 0. The van der Waals surface area contributed by atoms with Crippen LogP contribution < -0.4 is 0 Å². The minimum atomic E-state index is -0.474. The van der Waals surface area contributed by atoms with E-state index in [1.54, 1.807) is 0 Å². The Morgan fingerprint density at radius 2 is 1.82 bits per heavy atom. The first-order valence-corrected chi connectivity index (χ1v) is 7.67. The predicted octanol–water partition coefficient (Wildman–Crippen LogP) is 5.18. The van der Waals surface area contributed by atoms with Gasteiger partial charge in [-0.1, -0.05) is 36.4 Å². The minimum absolute atomic E-state index is 0.0471. The number of halogens is 1. The molecule has 0 unspecified atom stereocenters. The normalized spacial score (nSPS) is 10.8. The third-order valence-electron chi connectivity index (χ3n) is 3.37. The molecule has 3 aromatic carbocycles. The second kappa shape index (κ2) is 6.15. The lowest BCUT2D eigenvalue weighted by Gasteiger charge is -2.07. The van der Waals surface area contributed by atoms with Crippen LogP contribution in [0.3, 0.4) is 0 Å². The molecule has 3 aromatic rings. The molecule has 0 saturated heterocycles. The van der Waals surface area contributed by atoms with Gasteiger partial charge in [0.05, 0.1) is 4.92 Å². The van der Waals surface area contributed by atoms with E-state index in [1.165, 1.54) is 23.9 Å². The largest absolute Gasteiger partial charge is 0.273 e. The van der Waals surface area contributed by atoms with E-state index in [0.717, 1.165) is 21.7 Å². The molecule has 0 saturated carbocycles. The Bertz CT molecular complexity index is 846. The third-order valence-corrected chi connectivity index (χ3v) is 4.49. The van der Waals surface area contributed by atoms with Gasteiger partial charge in [0.25, 0.3) is 5.69 Å². The molecule has 0 aliphatic heterocycles. The molecule has 22 heavy (non-hydrogen) atoms. The highest BCUT2D eigenvalue weighted by molar-refractivity contribution is 7.98. The fourth-order valence-electron chi connectivity index (χ4n) is 2.32. The van der Waals surface area contributed by atoms with Crippen molar-refractivity contribution in [3.8, 4) is 0 Å². The first-order valence-electron chi connectivity index (χ1n) is 6.68. The minimum Gasteiger partial charge on any atom is -0.258 e. The van der Waals surface area contributed by atoms with Crippen molar-refractivity contribution in [2.45, 2.75) is 10.6 Å². The van der Waals surface area contributed by atoms with Crippen LogP contribution in [-0.4, -0.2) is 4.92 Å². The van der Waals surface area contributed by atoms with Gasteiger partial charge < -0.3 is 0 Å². The molecule has 0 aliphatic carbocycles. The summed E-state index contributed by atoms with van der Waals surface area (Å²) in [6.07, 6.45) is 0. The lowest BCUT2D eigenvalue weighted by molar-refractivity contribution is -0.385. The van der Waals surface area contributed by atoms with Crippen molar-refractivity contribution < 1.29 is 9.31 Å². The fraction of sp³-hybridized carbons (Fsp3) is 0.0588. The number of nitrogens with zero attached hydrogens (tertiary/aromatic N) is 1. The zero-order valence-corrected chi connectivity index (χ0v) is 12.3. The monoisotopic (exact) mass is 313 g/mol. The summed E-state index contributed by atoms with van der Waals surface area (Å²) >= 11 is 1.47. The molecule has 0 heterocycles. The average Bonchev–Trinajstić information content (AvgIpc) is 2.52. The summed E-state index contributed by atoms with van der Waals surface area (Å²) in [6, 6.07) is 17.5. The Labute approximate surface area is 130 Å². The summed E-state index contributed by atoms with van der Waals surface area (Å²) in [6.45, 7) is 0. The van der Waals surface area contributed by atoms with Crippen LogP contribution in [0.2, 0.25) is 0 Å². The van der Waals surface area contributed by atoms with Gasteiger partial charge in [0, 0.05) is 22.3 Å². The van der Waals surface area contributed by atoms with E-state index >= 15 is 0 Å². The highest BCUT2D eigenvalue weighted by atomic mass is 32.2. The number of rotatable bonds is 4. The Morgan fingerprint density at radius 1 is 1.05 bits per heavy atom. The smallest absolute Gasteiger partial charge is 0.258 e. The Hall–Kier alpha value is -2.40. The van der Waals surface area contributed by atoms with Gasteiger partial charge in [-0.15, -0.1) is 11.8 Å². The van der Waals surface area contributed by atoms with E-state index in [1.807, 2.05) is 42.5 Å².